The first kappa shape index (κ1) is 24.8. The van der Waals surface area contributed by atoms with Crippen molar-refractivity contribution in [2.45, 2.75) is 30.0 Å². The molecule has 2 aromatic carbocycles. The minimum absolute atomic E-state index is 0.146. The van der Waals surface area contributed by atoms with E-state index in [1.54, 1.807) is 0 Å². The average Bonchev–Trinajstić information content (AvgIpc) is 3.62. The summed E-state index contributed by atoms with van der Waals surface area (Å²) in [5, 5.41) is 2.77. The quantitative estimate of drug-likeness (QED) is 0.523. The molecule has 0 heterocycles. The molecule has 0 aliphatic heterocycles. The Morgan fingerprint density at radius 1 is 1.18 bits per heavy atom. The fourth-order valence-electron chi connectivity index (χ4n) is 3.37. The summed E-state index contributed by atoms with van der Waals surface area (Å²) in [5.74, 6) is -0.425. The van der Waals surface area contributed by atoms with E-state index in [4.69, 9.17) is 0 Å². The van der Waals surface area contributed by atoms with Crippen LogP contribution in [-0.4, -0.2) is 51.9 Å². The molecule has 2 aromatic rings. The van der Waals surface area contributed by atoms with Gasteiger partial charge >= 0.3 is 6.18 Å². The SMILES string of the molecule is C=CCN(c1cccc(C(F)(F)F)c1)S(=O)(=O)c1cccc(C(=O)NCCN(C)C2CC2)c1. The highest BCUT2D eigenvalue weighted by atomic mass is 32.2. The van der Waals surface area contributed by atoms with Crippen molar-refractivity contribution in [1.29, 1.82) is 0 Å². The number of alkyl halides is 3. The Morgan fingerprint density at radius 3 is 2.52 bits per heavy atom. The third-order valence-electron chi connectivity index (χ3n) is 5.36. The van der Waals surface area contributed by atoms with Crippen molar-refractivity contribution >= 4 is 21.6 Å². The van der Waals surface area contributed by atoms with Crippen molar-refractivity contribution in [3.63, 3.8) is 0 Å². The molecule has 0 atom stereocenters. The topological polar surface area (TPSA) is 69.7 Å². The van der Waals surface area contributed by atoms with Crippen molar-refractivity contribution in [3.05, 3.63) is 72.3 Å². The molecular weight excluding hydrogens is 455 g/mol. The molecule has 0 aromatic heterocycles. The third-order valence-corrected chi connectivity index (χ3v) is 7.15. The number of hydrogen-bond donors (Lipinski definition) is 1. The molecule has 1 fully saturated rings. The van der Waals surface area contributed by atoms with Crippen LogP contribution in [0.15, 0.2) is 66.1 Å². The van der Waals surface area contributed by atoms with Crippen molar-refractivity contribution in [1.82, 2.24) is 10.2 Å². The number of amides is 1. The molecular formula is C23H26F3N3O3S. The molecule has 0 spiro atoms. The zero-order valence-corrected chi connectivity index (χ0v) is 19.0. The molecule has 178 valence electrons. The fourth-order valence-corrected chi connectivity index (χ4v) is 4.84. The lowest BCUT2D eigenvalue weighted by Crippen LogP contribution is -2.34. The van der Waals surface area contributed by atoms with Gasteiger partial charge in [0.1, 0.15) is 0 Å². The highest BCUT2D eigenvalue weighted by Gasteiger charge is 2.32. The standard InChI is InChI=1S/C23H26F3N3O3S/c1-3-13-29(20-8-5-7-18(16-20)23(24,25)26)33(31,32)21-9-4-6-17(15-21)22(30)27-12-14-28(2)19-10-11-19/h3-9,15-16,19H,1,10-14H2,2H3,(H,27,30). The fraction of sp³-hybridized carbons (Fsp3) is 0.348. The van der Waals surface area contributed by atoms with Crippen LogP contribution in [0, 0.1) is 0 Å². The lowest BCUT2D eigenvalue weighted by atomic mass is 10.2. The highest BCUT2D eigenvalue weighted by molar-refractivity contribution is 7.92. The zero-order valence-electron chi connectivity index (χ0n) is 18.2. The number of halogens is 3. The number of sulfonamides is 1. The van der Waals surface area contributed by atoms with Crippen molar-refractivity contribution in [3.8, 4) is 0 Å². The molecule has 0 radical (unpaired) electrons. The van der Waals surface area contributed by atoms with Gasteiger partial charge in [0, 0.05) is 24.7 Å². The van der Waals surface area contributed by atoms with Crippen LogP contribution >= 0.6 is 0 Å². The first-order chi connectivity index (χ1) is 15.5. The van der Waals surface area contributed by atoms with Crippen LogP contribution in [0.3, 0.4) is 0 Å². The van der Waals surface area contributed by atoms with E-state index in [-0.39, 0.29) is 22.7 Å². The van der Waals surface area contributed by atoms with Gasteiger partial charge in [-0.1, -0.05) is 18.2 Å². The summed E-state index contributed by atoms with van der Waals surface area (Å²) in [6.45, 7) is 4.37. The maximum Gasteiger partial charge on any atom is 0.416 e. The Balaban J connectivity index is 1.82. The van der Waals surface area contributed by atoms with Gasteiger partial charge in [-0.3, -0.25) is 9.10 Å². The predicted octanol–water partition coefficient (Wildman–Crippen LogP) is 3.91. The number of benzene rings is 2. The summed E-state index contributed by atoms with van der Waals surface area (Å²) in [4.78, 5) is 14.5. The van der Waals surface area contributed by atoms with E-state index in [1.807, 2.05) is 7.05 Å². The molecule has 0 bridgehead atoms. The number of likely N-dealkylation sites (N-methyl/N-ethyl adjacent to an activating group) is 1. The van der Waals surface area contributed by atoms with Gasteiger partial charge in [0.05, 0.1) is 22.7 Å². The molecule has 33 heavy (non-hydrogen) atoms. The van der Waals surface area contributed by atoms with E-state index in [2.05, 4.69) is 16.8 Å². The molecule has 0 unspecified atom stereocenters. The van der Waals surface area contributed by atoms with Gasteiger partial charge < -0.3 is 10.2 Å². The number of nitrogens with zero attached hydrogens (tertiary/aromatic N) is 2. The number of carbonyl (C=O) groups is 1. The first-order valence-electron chi connectivity index (χ1n) is 10.4. The van der Waals surface area contributed by atoms with Crippen molar-refractivity contribution in [2.24, 2.45) is 0 Å². The Hall–Kier alpha value is -2.85. The average molecular weight is 482 g/mol. The molecule has 1 N–H and O–H groups in total. The van der Waals surface area contributed by atoms with Gasteiger partial charge in [-0.15, -0.1) is 6.58 Å². The van der Waals surface area contributed by atoms with Crippen LogP contribution < -0.4 is 9.62 Å². The van der Waals surface area contributed by atoms with Crippen LogP contribution in [0.2, 0.25) is 0 Å². The normalized spacial score (nSPS) is 14.2. The van der Waals surface area contributed by atoms with Gasteiger partial charge in [0.25, 0.3) is 15.9 Å². The van der Waals surface area contributed by atoms with Gasteiger partial charge in [-0.2, -0.15) is 13.2 Å². The summed E-state index contributed by atoms with van der Waals surface area (Å²) in [6, 6.07) is 10.1. The van der Waals surface area contributed by atoms with E-state index < -0.39 is 27.7 Å². The third kappa shape index (κ3) is 6.14. The monoisotopic (exact) mass is 481 g/mol. The number of carbonyl (C=O) groups excluding carboxylic acids is 1. The molecule has 1 saturated carbocycles. The number of nitrogens with one attached hydrogen (secondary N) is 1. The summed E-state index contributed by atoms with van der Waals surface area (Å²) < 4.78 is 66.9. The zero-order chi connectivity index (χ0) is 24.2. The van der Waals surface area contributed by atoms with E-state index in [1.165, 1.54) is 36.4 Å². The number of rotatable bonds is 10. The first-order valence-corrected chi connectivity index (χ1v) is 11.9. The van der Waals surface area contributed by atoms with Gasteiger partial charge in [-0.05, 0) is 56.3 Å². The second-order valence-corrected chi connectivity index (χ2v) is 9.73. The van der Waals surface area contributed by atoms with Gasteiger partial charge in [0.2, 0.25) is 0 Å². The number of anilines is 1. The molecule has 3 rings (SSSR count). The lowest BCUT2D eigenvalue weighted by molar-refractivity contribution is -0.137. The Bertz CT molecular complexity index is 1120. The second kappa shape index (κ2) is 9.96. The van der Waals surface area contributed by atoms with Gasteiger partial charge in [0.15, 0.2) is 0 Å². The Morgan fingerprint density at radius 2 is 1.88 bits per heavy atom. The van der Waals surface area contributed by atoms with Gasteiger partial charge in [-0.25, -0.2) is 8.42 Å². The second-order valence-electron chi connectivity index (χ2n) is 7.87. The van der Waals surface area contributed by atoms with Crippen molar-refractivity contribution < 1.29 is 26.4 Å². The number of hydrogen-bond acceptors (Lipinski definition) is 4. The van der Waals surface area contributed by atoms with E-state index in [9.17, 15) is 26.4 Å². The molecule has 6 nitrogen and oxygen atoms in total. The molecule has 0 saturated heterocycles. The minimum Gasteiger partial charge on any atom is -0.351 e. The summed E-state index contributed by atoms with van der Waals surface area (Å²) in [6.07, 6.45) is -1.04. The summed E-state index contributed by atoms with van der Waals surface area (Å²) >= 11 is 0. The van der Waals surface area contributed by atoms with Crippen LogP contribution in [-0.2, 0) is 16.2 Å². The summed E-state index contributed by atoms with van der Waals surface area (Å²) in [7, 11) is -2.28. The predicted molar refractivity (Wildman–Crippen MR) is 121 cm³/mol. The van der Waals surface area contributed by atoms with Crippen LogP contribution in [0.4, 0.5) is 18.9 Å². The van der Waals surface area contributed by atoms with E-state index >= 15 is 0 Å². The lowest BCUT2D eigenvalue weighted by Gasteiger charge is -2.24. The maximum absolute atomic E-state index is 13.3. The minimum atomic E-state index is -4.62. The smallest absolute Gasteiger partial charge is 0.351 e. The van der Waals surface area contributed by atoms with Crippen molar-refractivity contribution in [2.75, 3.05) is 31.0 Å². The van der Waals surface area contributed by atoms with Crippen LogP contribution in [0.25, 0.3) is 0 Å². The Labute approximate surface area is 191 Å². The molecule has 1 aliphatic carbocycles. The summed E-state index contributed by atoms with van der Waals surface area (Å²) in [5.41, 5.74) is -0.969. The molecule has 10 heteroatoms. The van der Waals surface area contributed by atoms with E-state index in [0.717, 1.165) is 35.3 Å². The van der Waals surface area contributed by atoms with Crippen LogP contribution in [0.1, 0.15) is 28.8 Å². The molecule has 1 aliphatic rings. The van der Waals surface area contributed by atoms with E-state index in [0.29, 0.717) is 19.1 Å². The highest BCUT2D eigenvalue weighted by Crippen LogP contribution is 2.33. The molecule has 1 amide bonds. The van der Waals surface area contributed by atoms with Crippen LogP contribution in [0.5, 0.6) is 0 Å². The maximum atomic E-state index is 13.3. The Kier molecular flexibility index (Phi) is 7.48. The largest absolute Gasteiger partial charge is 0.416 e.